The first-order valence-electron chi connectivity index (χ1n) is 7.14. The first kappa shape index (κ1) is 16.6. The van der Waals surface area contributed by atoms with Gasteiger partial charge in [-0.05, 0) is 49.7 Å². The van der Waals surface area contributed by atoms with E-state index in [1.165, 1.54) is 0 Å². The molecule has 1 heterocycles. The van der Waals surface area contributed by atoms with Gasteiger partial charge in [0.2, 0.25) is 0 Å². The normalized spacial score (nSPS) is 10.5. The van der Waals surface area contributed by atoms with Gasteiger partial charge in [0, 0.05) is 11.0 Å². The van der Waals surface area contributed by atoms with Crippen LogP contribution in [0.3, 0.4) is 0 Å². The fraction of sp³-hybridized carbons (Fsp3) is 0.312. The molecule has 0 aliphatic rings. The topological polar surface area (TPSA) is 77.5 Å². The summed E-state index contributed by atoms with van der Waals surface area (Å²) in [4.78, 5) is 11.9. The largest absolute Gasteiger partial charge is 0.486 e. The van der Waals surface area contributed by atoms with Crippen molar-refractivity contribution in [2.45, 2.75) is 19.4 Å². The molecule has 0 saturated heterocycles. The van der Waals surface area contributed by atoms with Gasteiger partial charge in [-0.2, -0.15) is 0 Å². The molecule has 0 bridgehead atoms. The van der Waals surface area contributed by atoms with Crippen LogP contribution in [0.25, 0.3) is 0 Å². The summed E-state index contributed by atoms with van der Waals surface area (Å²) >= 11 is 3.38. The molecule has 0 radical (unpaired) electrons. The number of hydrogen-bond donors (Lipinski definition) is 2. The van der Waals surface area contributed by atoms with Crippen molar-refractivity contribution >= 4 is 21.8 Å². The highest BCUT2D eigenvalue weighted by Gasteiger charge is 2.10. The Morgan fingerprint density at radius 3 is 2.91 bits per heavy atom. The minimum Gasteiger partial charge on any atom is -0.486 e. The van der Waals surface area contributed by atoms with Crippen molar-refractivity contribution in [3.05, 3.63) is 52.4 Å². The highest BCUT2D eigenvalue weighted by molar-refractivity contribution is 9.10. The Balaban J connectivity index is 1.82. The second-order valence-electron chi connectivity index (χ2n) is 4.76. The number of hydrogen-bond acceptors (Lipinski definition) is 4. The quantitative estimate of drug-likeness (QED) is 0.703. The lowest BCUT2D eigenvalue weighted by Crippen LogP contribution is -2.24. The first-order chi connectivity index (χ1) is 10.7. The molecule has 1 amide bonds. The number of furan rings is 1. The average Bonchev–Trinajstić information content (AvgIpc) is 2.98. The predicted molar refractivity (Wildman–Crippen MR) is 87.8 cm³/mol. The van der Waals surface area contributed by atoms with Gasteiger partial charge in [0.05, 0.1) is 0 Å². The molecule has 1 aromatic carbocycles. The Morgan fingerprint density at radius 1 is 1.27 bits per heavy atom. The van der Waals surface area contributed by atoms with Gasteiger partial charge in [0.25, 0.3) is 5.91 Å². The zero-order valence-electron chi connectivity index (χ0n) is 12.2. The Hall–Kier alpha value is -1.79. The number of rotatable bonds is 8. The van der Waals surface area contributed by atoms with E-state index in [2.05, 4.69) is 21.2 Å². The van der Waals surface area contributed by atoms with E-state index in [-0.39, 0.29) is 12.5 Å². The van der Waals surface area contributed by atoms with E-state index >= 15 is 0 Å². The average molecular weight is 367 g/mol. The SMILES string of the molecule is NCCCCNC(=O)c1ccc(COc2cccc(Br)c2)o1. The lowest BCUT2D eigenvalue weighted by molar-refractivity contribution is 0.0921. The van der Waals surface area contributed by atoms with Crippen LogP contribution in [0.2, 0.25) is 0 Å². The molecule has 2 rings (SSSR count). The minimum atomic E-state index is -0.217. The van der Waals surface area contributed by atoms with Gasteiger partial charge < -0.3 is 20.2 Å². The number of unbranched alkanes of at least 4 members (excludes halogenated alkanes) is 1. The molecule has 0 saturated carbocycles. The Bertz CT molecular complexity index is 613. The summed E-state index contributed by atoms with van der Waals surface area (Å²) in [6.07, 6.45) is 1.76. The van der Waals surface area contributed by atoms with Gasteiger partial charge >= 0.3 is 0 Å². The summed E-state index contributed by atoms with van der Waals surface area (Å²) in [6.45, 7) is 1.51. The smallest absolute Gasteiger partial charge is 0.286 e. The van der Waals surface area contributed by atoms with Crippen LogP contribution in [0.4, 0.5) is 0 Å². The second-order valence-corrected chi connectivity index (χ2v) is 5.68. The summed E-state index contributed by atoms with van der Waals surface area (Å²) in [6, 6.07) is 10.9. The van der Waals surface area contributed by atoms with Crippen LogP contribution >= 0.6 is 15.9 Å². The predicted octanol–water partition coefficient (Wildman–Crippen LogP) is 3.09. The van der Waals surface area contributed by atoms with Crippen molar-refractivity contribution in [1.29, 1.82) is 0 Å². The maximum Gasteiger partial charge on any atom is 0.286 e. The van der Waals surface area contributed by atoms with Gasteiger partial charge in [0.15, 0.2) is 5.76 Å². The third-order valence-corrected chi connectivity index (χ3v) is 3.47. The van der Waals surface area contributed by atoms with Crippen molar-refractivity contribution in [2.24, 2.45) is 5.73 Å². The molecule has 0 aliphatic heterocycles. The summed E-state index contributed by atoms with van der Waals surface area (Å²) in [5.41, 5.74) is 5.40. The van der Waals surface area contributed by atoms with Crippen LogP contribution < -0.4 is 15.8 Å². The van der Waals surface area contributed by atoms with Crippen LogP contribution in [-0.4, -0.2) is 19.0 Å². The molecule has 3 N–H and O–H groups in total. The molecular weight excluding hydrogens is 348 g/mol. The first-order valence-corrected chi connectivity index (χ1v) is 7.93. The Kier molecular flexibility index (Phi) is 6.48. The van der Waals surface area contributed by atoms with Crippen molar-refractivity contribution in [3.8, 4) is 5.75 Å². The lowest BCUT2D eigenvalue weighted by atomic mass is 10.3. The molecule has 2 aromatic rings. The number of nitrogens with two attached hydrogens (primary N) is 1. The number of amides is 1. The van der Waals surface area contributed by atoms with Crippen LogP contribution in [0.15, 0.2) is 45.3 Å². The highest BCUT2D eigenvalue weighted by Crippen LogP contribution is 2.19. The molecule has 118 valence electrons. The molecule has 0 unspecified atom stereocenters. The maximum absolute atomic E-state index is 11.9. The Labute approximate surface area is 138 Å². The number of carbonyl (C=O) groups is 1. The molecule has 5 nitrogen and oxygen atoms in total. The van der Waals surface area contributed by atoms with Crippen LogP contribution in [-0.2, 0) is 6.61 Å². The molecule has 22 heavy (non-hydrogen) atoms. The monoisotopic (exact) mass is 366 g/mol. The summed E-state index contributed by atoms with van der Waals surface area (Å²) in [7, 11) is 0. The summed E-state index contributed by atoms with van der Waals surface area (Å²) < 4.78 is 12.0. The maximum atomic E-state index is 11.9. The van der Waals surface area contributed by atoms with Crippen LogP contribution in [0, 0.1) is 0 Å². The number of halogens is 1. The van der Waals surface area contributed by atoms with E-state index in [1.54, 1.807) is 12.1 Å². The van der Waals surface area contributed by atoms with E-state index in [0.717, 1.165) is 23.1 Å². The second kappa shape index (κ2) is 8.60. The fourth-order valence-electron chi connectivity index (χ4n) is 1.85. The van der Waals surface area contributed by atoms with Crippen molar-refractivity contribution in [2.75, 3.05) is 13.1 Å². The Morgan fingerprint density at radius 2 is 2.14 bits per heavy atom. The zero-order chi connectivity index (χ0) is 15.8. The number of carbonyl (C=O) groups excluding carboxylic acids is 1. The van der Waals surface area contributed by atoms with Crippen LogP contribution in [0.1, 0.15) is 29.2 Å². The zero-order valence-corrected chi connectivity index (χ0v) is 13.8. The van der Waals surface area contributed by atoms with E-state index in [9.17, 15) is 4.79 Å². The molecule has 0 aliphatic carbocycles. The summed E-state index contributed by atoms with van der Waals surface area (Å²) in [5.74, 6) is 1.41. The minimum absolute atomic E-state index is 0.217. The van der Waals surface area contributed by atoms with Gasteiger partial charge in [-0.15, -0.1) is 0 Å². The molecule has 0 atom stereocenters. The van der Waals surface area contributed by atoms with E-state index in [0.29, 0.717) is 24.6 Å². The third kappa shape index (κ3) is 5.20. The lowest BCUT2D eigenvalue weighted by Gasteiger charge is -2.04. The van der Waals surface area contributed by atoms with Gasteiger partial charge in [-0.1, -0.05) is 22.0 Å². The molecule has 1 aromatic heterocycles. The van der Waals surface area contributed by atoms with E-state index in [1.807, 2.05) is 24.3 Å². The molecule has 0 spiro atoms. The summed E-state index contributed by atoms with van der Waals surface area (Å²) in [5, 5.41) is 2.79. The number of nitrogens with one attached hydrogen (secondary N) is 1. The van der Waals surface area contributed by atoms with Gasteiger partial charge in [-0.25, -0.2) is 0 Å². The molecule has 0 fully saturated rings. The highest BCUT2D eigenvalue weighted by atomic mass is 79.9. The van der Waals surface area contributed by atoms with Crippen LogP contribution in [0.5, 0.6) is 5.75 Å². The van der Waals surface area contributed by atoms with E-state index < -0.39 is 0 Å². The standard InChI is InChI=1S/C16H19BrN2O3/c17-12-4-3-5-13(10-12)21-11-14-6-7-15(22-14)16(20)19-9-2-1-8-18/h3-7,10H,1-2,8-9,11,18H2,(H,19,20). The fourth-order valence-corrected chi connectivity index (χ4v) is 2.23. The van der Waals surface area contributed by atoms with Crippen molar-refractivity contribution < 1.29 is 13.9 Å². The van der Waals surface area contributed by atoms with Crippen molar-refractivity contribution in [3.63, 3.8) is 0 Å². The third-order valence-electron chi connectivity index (χ3n) is 2.98. The van der Waals surface area contributed by atoms with E-state index in [4.69, 9.17) is 14.9 Å². The number of ether oxygens (including phenoxy) is 1. The molecular formula is C16H19BrN2O3. The van der Waals surface area contributed by atoms with Gasteiger partial charge in [0.1, 0.15) is 18.1 Å². The van der Waals surface area contributed by atoms with Gasteiger partial charge in [-0.3, -0.25) is 4.79 Å². The number of benzene rings is 1. The van der Waals surface area contributed by atoms with Crippen molar-refractivity contribution in [1.82, 2.24) is 5.32 Å². The molecule has 6 heteroatoms.